The van der Waals surface area contributed by atoms with Gasteiger partial charge >= 0.3 is 0 Å². The van der Waals surface area contributed by atoms with E-state index in [4.69, 9.17) is 0 Å². The van der Waals surface area contributed by atoms with Crippen LogP contribution in [0.25, 0.3) is 0 Å². The Hall–Kier alpha value is -1.62. The standard InChI is InChI=1S/C16H23N3O2/c1-11-8-15(20)13(9-18-11)16(21)19-7-3-4-12(10-19)14-5-2-6-17-14/h8-9,12,14,17H,2-7,10H2,1H3,(H,18,20). The van der Waals surface area contributed by atoms with Crippen molar-refractivity contribution >= 4 is 5.91 Å². The SMILES string of the molecule is Cc1cc(=O)c(C(=O)N2CCCC(C3CCCN3)C2)c[nH]1. The molecule has 1 amide bonds. The minimum Gasteiger partial charge on any atom is -0.364 e. The van der Waals surface area contributed by atoms with Gasteiger partial charge in [0, 0.05) is 37.1 Å². The average Bonchev–Trinajstić information content (AvgIpc) is 3.01. The van der Waals surface area contributed by atoms with Crippen LogP contribution < -0.4 is 10.7 Å². The highest BCUT2D eigenvalue weighted by molar-refractivity contribution is 5.93. The van der Waals surface area contributed by atoms with E-state index in [-0.39, 0.29) is 16.9 Å². The Labute approximate surface area is 124 Å². The van der Waals surface area contributed by atoms with Gasteiger partial charge in [0.25, 0.3) is 5.91 Å². The lowest BCUT2D eigenvalue weighted by Crippen LogP contribution is -2.46. The molecule has 0 saturated carbocycles. The largest absolute Gasteiger partial charge is 0.364 e. The van der Waals surface area contributed by atoms with Crippen LogP contribution in [0.15, 0.2) is 17.1 Å². The molecule has 2 unspecified atom stereocenters. The zero-order chi connectivity index (χ0) is 14.8. The smallest absolute Gasteiger partial charge is 0.259 e. The zero-order valence-corrected chi connectivity index (χ0v) is 12.5. The third-order valence-electron chi connectivity index (χ3n) is 4.70. The number of amides is 1. The number of likely N-dealkylation sites (tertiary alicyclic amines) is 1. The predicted octanol–water partition coefficient (Wildman–Crippen LogP) is 1.29. The summed E-state index contributed by atoms with van der Waals surface area (Å²) < 4.78 is 0. The first-order valence-corrected chi connectivity index (χ1v) is 7.87. The van der Waals surface area contributed by atoms with Gasteiger partial charge in [0.15, 0.2) is 5.43 Å². The van der Waals surface area contributed by atoms with Crippen molar-refractivity contribution in [2.75, 3.05) is 19.6 Å². The minimum atomic E-state index is -0.183. The molecule has 2 aliphatic rings. The van der Waals surface area contributed by atoms with E-state index in [1.807, 2.05) is 11.8 Å². The van der Waals surface area contributed by atoms with Gasteiger partial charge in [-0.15, -0.1) is 0 Å². The first-order chi connectivity index (χ1) is 10.1. The van der Waals surface area contributed by atoms with Crippen molar-refractivity contribution in [2.24, 2.45) is 5.92 Å². The molecule has 0 aromatic carbocycles. The maximum absolute atomic E-state index is 12.6. The Morgan fingerprint density at radius 1 is 1.33 bits per heavy atom. The number of rotatable bonds is 2. The summed E-state index contributed by atoms with van der Waals surface area (Å²) in [6, 6.07) is 2.03. The Kier molecular flexibility index (Phi) is 4.10. The lowest BCUT2D eigenvalue weighted by Gasteiger charge is -2.35. The molecule has 2 N–H and O–H groups in total. The van der Waals surface area contributed by atoms with E-state index in [1.54, 1.807) is 6.20 Å². The molecule has 2 aliphatic heterocycles. The number of piperidine rings is 1. The Morgan fingerprint density at radius 3 is 2.90 bits per heavy atom. The molecule has 0 radical (unpaired) electrons. The van der Waals surface area contributed by atoms with E-state index >= 15 is 0 Å². The van der Waals surface area contributed by atoms with Gasteiger partial charge in [0.1, 0.15) is 5.56 Å². The molecule has 0 bridgehead atoms. The van der Waals surface area contributed by atoms with Crippen LogP contribution in [0.5, 0.6) is 0 Å². The van der Waals surface area contributed by atoms with Crippen molar-refractivity contribution in [1.82, 2.24) is 15.2 Å². The van der Waals surface area contributed by atoms with E-state index in [0.29, 0.717) is 12.0 Å². The molecule has 3 rings (SSSR count). The molecule has 3 heterocycles. The number of carbonyl (C=O) groups excluding carboxylic acids is 1. The summed E-state index contributed by atoms with van der Waals surface area (Å²) in [5.74, 6) is 0.397. The quantitative estimate of drug-likeness (QED) is 0.862. The molecule has 21 heavy (non-hydrogen) atoms. The Balaban J connectivity index is 1.73. The maximum Gasteiger partial charge on any atom is 0.259 e. The number of aromatic amines is 1. The summed E-state index contributed by atoms with van der Waals surface area (Å²) in [4.78, 5) is 29.4. The van der Waals surface area contributed by atoms with Crippen molar-refractivity contribution in [3.8, 4) is 0 Å². The summed E-state index contributed by atoms with van der Waals surface area (Å²) >= 11 is 0. The summed E-state index contributed by atoms with van der Waals surface area (Å²) in [7, 11) is 0. The van der Waals surface area contributed by atoms with E-state index in [0.717, 1.165) is 31.7 Å². The molecule has 5 heteroatoms. The predicted molar refractivity (Wildman–Crippen MR) is 81.5 cm³/mol. The van der Waals surface area contributed by atoms with Crippen LogP contribution in [-0.4, -0.2) is 41.5 Å². The molecular formula is C16H23N3O2. The number of nitrogens with zero attached hydrogens (tertiary/aromatic N) is 1. The first kappa shape index (κ1) is 14.3. The number of carbonyl (C=O) groups is 1. The highest BCUT2D eigenvalue weighted by Crippen LogP contribution is 2.25. The highest BCUT2D eigenvalue weighted by Gasteiger charge is 2.31. The molecular weight excluding hydrogens is 266 g/mol. The first-order valence-electron chi connectivity index (χ1n) is 7.87. The van der Waals surface area contributed by atoms with Crippen LogP contribution in [0, 0.1) is 12.8 Å². The van der Waals surface area contributed by atoms with Gasteiger partial charge in [0.05, 0.1) is 0 Å². The van der Waals surface area contributed by atoms with Crippen LogP contribution in [0.3, 0.4) is 0 Å². The number of hydrogen-bond donors (Lipinski definition) is 2. The number of pyridine rings is 1. The van der Waals surface area contributed by atoms with Gasteiger partial charge < -0.3 is 15.2 Å². The van der Waals surface area contributed by atoms with Crippen LogP contribution in [0.1, 0.15) is 41.7 Å². The van der Waals surface area contributed by atoms with E-state index in [2.05, 4.69) is 10.3 Å². The van der Waals surface area contributed by atoms with Crippen molar-refractivity contribution in [3.05, 3.63) is 33.7 Å². The monoisotopic (exact) mass is 289 g/mol. The molecule has 0 aliphatic carbocycles. The minimum absolute atomic E-state index is 0.126. The van der Waals surface area contributed by atoms with Crippen molar-refractivity contribution in [2.45, 2.75) is 38.6 Å². The zero-order valence-electron chi connectivity index (χ0n) is 12.5. The fourth-order valence-electron chi connectivity index (χ4n) is 3.55. The number of aryl methyl sites for hydroxylation is 1. The fraction of sp³-hybridized carbons (Fsp3) is 0.625. The number of hydrogen-bond acceptors (Lipinski definition) is 3. The highest BCUT2D eigenvalue weighted by atomic mass is 16.2. The molecule has 2 atom stereocenters. The van der Waals surface area contributed by atoms with Gasteiger partial charge in [0.2, 0.25) is 0 Å². The van der Waals surface area contributed by atoms with Crippen LogP contribution in [-0.2, 0) is 0 Å². The topological polar surface area (TPSA) is 65.2 Å². The van der Waals surface area contributed by atoms with E-state index in [9.17, 15) is 9.59 Å². The third-order valence-corrected chi connectivity index (χ3v) is 4.70. The second kappa shape index (κ2) is 6.02. The summed E-state index contributed by atoms with van der Waals surface area (Å²) in [6.07, 6.45) is 6.19. The molecule has 114 valence electrons. The van der Waals surface area contributed by atoms with Gasteiger partial charge in [-0.25, -0.2) is 0 Å². The average molecular weight is 289 g/mol. The lowest BCUT2D eigenvalue weighted by molar-refractivity contribution is 0.0649. The summed E-state index contributed by atoms with van der Waals surface area (Å²) in [6.45, 7) is 4.43. The van der Waals surface area contributed by atoms with Gasteiger partial charge in [-0.3, -0.25) is 9.59 Å². The van der Waals surface area contributed by atoms with Gasteiger partial charge in [-0.1, -0.05) is 0 Å². The fourth-order valence-corrected chi connectivity index (χ4v) is 3.55. The number of aromatic nitrogens is 1. The molecule has 5 nitrogen and oxygen atoms in total. The summed E-state index contributed by atoms with van der Waals surface area (Å²) in [5, 5.41) is 3.54. The van der Waals surface area contributed by atoms with Crippen LogP contribution in [0.2, 0.25) is 0 Å². The van der Waals surface area contributed by atoms with Crippen molar-refractivity contribution < 1.29 is 4.79 Å². The number of nitrogens with one attached hydrogen (secondary N) is 2. The van der Waals surface area contributed by atoms with E-state index in [1.165, 1.54) is 25.3 Å². The van der Waals surface area contributed by atoms with Crippen molar-refractivity contribution in [3.63, 3.8) is 0 Å². The second-order valence-electron chi connectivity index (χ2n) is 6.25. The third kappa shape index (κ3) is 3.02. The molecule has 2 fully saturated rings. The molecule has 0 spiro atoms. The van der Waals surface area contributed by atoms with Gasteiger partial charge in [-0.05, 0) is 45.1 Å². The lowest BCUT2D eigenvalue weighted by atomic mass is 9.89. The molecule has 1 aromatic rings. The van der Waals surface area contributed by atoms with Crippen molar-refractivity contribution in [1.29, 1.82) is 0 Å². The van der Waals surface area contributed by atoms with Crippen LogP contribution in [0.4, 0.5) is 0 Å². The Morgan fingerprint density at radius 2 is 2.19 bits per heavy atom. The van der Waals surface area contributed by atoms with Gasteiger partial charge in [-0.2, -0.15) is 0 Å². The van der Waals surface area contributed by atoms with E-state index < -0.39 is 0 Å². The summed E-state index contributed by atoms with van der Waals surface area (Å²) in [5.41, 5.74) is 0.862. The second-order valence-corrected chi connectivity index (χ2v) is 6.25. The Bertz CT molecular complexity index is 575. The van der Waals surface area contributed by atoms with Crippen LogP contribution >= 0.6 is 0 Å². The normalized spacial score (nSPS) is 26.0. The molecule has 2 saturated heterocycles. The molecule has 1 aromatic heterocycles. The number of H-pyrrole nitrogens is 1. The maximum atomic E-state index is 12.6.